The van der Waals surface area contributed by atoms with Gasteiger partial charge in [0.2, 0.25) is 0 Å². The number of hydrogen-bond donors (Lipinski definition) is 2. The zero-order chi connectivity index (χ0) is 24.3. The maximum Gasteiger partial charge on any atom is 0.107 e. The van der Waals surface area contributed by atoms with Crippen LogP contribution in [0.5, 0.6) is 0 Å². The van der Waals surface area contributed by atoms with Gasteiger partial charge in [0.1, 0.15) is 11.6 Å². The van der Waals surface area contributed by atoms with E-state index in [-0.39, 0.29) is 13.3 Å². The normalized spacial score (nSPS) is 12.3. The molecule has 4 aromatic rings. The van der Waals surface area contributed by atoms with E-state index in [4.69, 9.17) is 0 Å². The van der Waals surface area contributed by atoms with E-state index < -0.39 is 10.8 Å². The molecule has 0 spiro atoms. The van der Waals surface area contributed by atoms with E-state index >= 15 is 0 Å². The summed E-state index contributed by atoms with van der Waals surface area (Å²) >= 11 is 0. The molecule has 0 radical (unpaired) electrons. The van der Waals surface area contributed by atoms with E-state index in [0.717, 1.165) is 45.3 Å². The zero-order valence-electron chi connectivity index (χ0n) is 20.3. The number of imidazole rings is 2. The Hall–Kier alpha value is -3.28. The number of hydrogen-bond acceptors (Lipinski definition) is 2. The average molecular weight is 463 g/mol. The number of aromatic amines is 2. The monoisotopic (exact) mass is 462 g/mol. The first-order chi connectivity index (χ1) is 16.2. The summed E-state index contributed by atoms with van der Waals surface area (Å²) < 4.78 is 26.3. The van der Waals surface area contributed by atoms with E-state index in [9.17, 15) is 8.78 Å². The van der Waals surface area contributed by atoms with Gasteiger partial charge in [-0.25, -0.2) is 9.97 Å². The number of nitrogens with one attached hydrogen (secondary N) is 2. The Kier molecular flexibility index (Phi) is 6.69. The van der Waals surface area contributed by atoms with Crippen LogP contribution in [-0.2, 0) is 12.8 Å². The molecule has 0 unspecified atom stereocenters. The molecule has 2 heterocycles. The van der Waals surface area contributed by atoms with Crippen molar-refractivity contribution in [3.05, 3.63) is 72.6 Å². The van der Waals surface area contributed by atoms with Crippen LogP contribution in [0.15, 0.2) is 60.9 Å². The lowest BCUT2D eigenvalue weighted by Gasteiger charge is -2.18. The Morgan fingerprint density at radius 2 is 0.912 bits per heavy atom. The second kappa shape index (κ2) is 9.53. The van der Waals surface area contributed by atoms with E-state index in [1.165, 1.54) is 0 Å². The van der Waals surface area contributed by atoms with Crippen LogP contribution in [0.25, 0.3) is 33.6 Å². The second-order valence-electron chi connectivity index (χ2n) is 10.6. The summed E-state index contributed by atoms with van der Waals surface area (Å²) in [6.07, 6.45) is 4.75. The van der Waals surface area contributed by atoms with E-state index in [1.54, 1.807) is 12.4 Å². The maximum atomic E-state index is 13.1. The topological polar surface area (TPSA) is 57.4 Å². The number of nitrogens with zero attached hydrogens (tertiary/aromatic N) is 2. The summed E-state index contributed by atoms with van der Waals surface area (Å²) in [7, 11) is 0. The summed E-state index contributed by atoms with van der Waals surface area (Å²) in [5.74, 6) is 1.60. The molecule has 0 atom stereocenters. The highest BCUT2D eigenvalue weighted by molar-refractivity contribution is 5.71. The maximum absolute atomic E-state index is 13.1. The second-order valence-corrected chi connectivity index (χ2v) is 10.6. The van der Waals surface area contributed by atoms with Crippen LogP contribution in [0.3, 0.4) is 0 Å². The first-order valence-electron chi connectivity index (χ1n) is 11.6. The van der Waals surface area contributed by atoms with Gasteiger partial charge in [0.05, 0.1) is 37.1 Å². The van der Waals surface area contributed by atoms with Crippen LogP contribution in [0.4, 0.5) is 8.78 Å². The smallest absolute Gasteiger partial charge is 0.107 e. The van der Waals surface area contributed by atoms with Crippen molar-refractivity contribution >= 4 is 0 Å². The Morgan fingerprint density at radius 1 is 0.588 bits per heavy atom. The van der Waals surface area contributed by atoms with Crippen molar-refractivity contribution in [3.8, 4) is 33.6 Å². The lowest BCUT2D eigenvalue weighted by Crippen LogP contribution is -2.18. The Labute approximate surface area is 199 Å². The molecule has 4 rings (SSSR count). The third kappa shape index (κ3) is 5.61. The van der Waals surface area contributed by atoms with Crippen molar-refractivity contribution in [1.82, 2.24) is 19.9 Å². The average Bonchev–Trinajstić information content (AvgIpc) is 3.48. The molecule has 0 amide bonds. The largest absolute Gasteiger partial charge is 0.342 e. The number of halogens is 2. The van der Waals surface area contributed by atoms with E-state index in [0.29, 0.717) is 12.8 Å². The van der Waals surface area contributed by atoms with Crippen LogP contribution in [0.2, 0.25) is 0 Å². The highest BCUT2D eigenvalue weighted by Crippen LogP contribution is 2.28. The van der Waals surface area contributed by atoms with Crippen LogP contribution in [0.1, 0.15) is 39.3 Å². The summed E-state index contributed by atoms with van der Waals surface area (Å²) in [6.45, 7) is 6.83. The van der Waals surface area contributed by atoms with Crippen LogP contribution >= 0.6 is 0 Å². The third-order valence-electron chi connectivity index (χ3n) is 6.00. The standard InChI is InChI=1S/C28H32F2N4/c1-27(2,17-29)13-25-31-15-23(33-25)21-9-5-19(6-10-21)20-7-11-22(12-8-20)24-16-32-26(34-24)14-28(3,4)18-30/h5-12,15-16H,13-14,17-18H2,1-4H3,(H,31,33)(H,32,34). The van der Waals surface area contributed by atoms with Gasteiger partial charge in [0.25, 0.3) is 0 Å². The molecule has 0 aliphatic rings. The van der Waals surface area contributed by atoms with Gasteiger partial charge in [-0.1, -0.05) is 76.2 Å². The van der Waals surface area contributed by atoms with E-state index in [2.05, 4.69) is 68.5 Å². The highest BCUT2D eigenvalue weighted by atomic mass is 19.1. The van der Waals surface area contributed by atoms with Gasteiger partial charge in [-0.2, -0.15) is 0 Å². The van der Waals surface area contributed by atoms with Crippen molar-refractivity contribution in [3.63, 3.8) is 0 Å². The Balaban J connectivity index is 1.45. The van der Waals surface area contributed by atoms with Crippen molar-refractivity contribution in [2.45, 2.75) is 40.5 Å². The van der Waals surface area contributed by atoms with Crippen molar-refractivity contribution < 1.29 is 8.78 Å². The lowest BCUT2D eigenvalue weighted by atomic mass is 9.91. The molecular weight excluding hydrogens is 430 g/mol. The molecule has 4 nitrogen and oxygen atoms in total. The number of benzene rings is 2. The molecule has 0 aliphatic carbocycles. The predicted molar refractivity (Wildman–Crippen MR) is 134 cm³/mol. The van der Waals surface area contributed by atoms with Gasteiger partial charge in [-0.15, -0.1) is 0 Å². The summed E-state index contributed by atoms with van der Waals surface area (Å²) in [6, 6.07) is 16.6. The molecule has 0 bridgehead atoms. The number of rotatable bonds is 9. The van der Waals surface area contributed by atoms with Crippen molar-refractivity contribution in [2.75, 3.05) is 13.3 Å². The van der Waals surface area contributed by atoms with Gasteiger partial charge >= 0.3 is 0 Å². The molecule has 0 fully saturated rings. The lowest BCUT2D eigenvalue weighted by molar-refractivity contribution is 0.252. The molecule has 2 aromatic heterocycles. The molecule has 34 heavy (non-hydrogen) atoms. The summed E-state index contributed by atoms with van der Waals surface area (Å²) in [5, 5.41) is 0. The van der Waals surface area contributed by atoms with Gasteiger partial charge in [0, 0.05) is 23.7 Å². The van der Waals surface area contributed by atoms with Gasteiger partial charge in [-0.05, 0) is 22.3 Å². The van der Waals surface area contributed by atoms with Crippen LogP contribution in [-0.4, -0.2) is 33.3 Å². The minimum atomic E-state index is -0.423. The molecule has 178 valence electrons. The number of aromatic nitrogens is 4. The SMILES string of the molecule is CC(C)(CF)Cc1ncc(-c2ccc(-c3ccc(-c4cnc(CC(C)(C)CF)[nH]4)cc3)cc2)[nH]1. The fraction of sp³-hybridized carbons (Fsp3) is 0.357. The number of alkyl halides is 2. The van der Waals surface area contributed by atoms with Crippen molar-refractivity contribution in [1.29, 1.82) is 0 Å². The predicted octanol–water partition coefficient (Wildman–Crippen LogP) is 7.21. The first-order valence-corrected chi connectivity index (χ1v) is 11.6. The van der Waals surface area contributed by atoms with Crippen LogP contribution < -0.4 is 0 Å². The third-order valence-corrected chi connectivity index (χ3v) is 6.00. The fourth-order valence-electron chi connectivity index (χ4n) is 3.88. The Bertz CT molecular complexity index is 1120. The molecular formula is C28H32F2N4. The molecule has 2 N–H and O–H groups in total. The van der Waals surface area contributed by atoms with Gasteiger partial charge in [0.15, 0.2) is 0 Å². The minimum Gasteiger partial charge on any atom is -0.342 e. The summed E-state index contributed by atoms with van der Waals surface area (Å²) in [4.78, 5) is 15.5. The van der Waals surface area contributed by atoms with Crippen LogP contribution in [0, 0.1) is 10.8 Å². The highest BCUT2D eigenvalue weighted by Gasteiger charge is 2.21. The zero-order valence-corrected chi connectivity index (χ0v) is 20.3. The Morgan fingerprint density at radius 3 is 1.24 bits per heavy atom. The summed E-state index contributed by atoms with van der Waals surface area (Å²) in [5.41, 5.74) is 5.32. The van der Waals surface area contributed by atoms with E-state index in [1.807, 2.05) is 27.7 Å². The quantitative estimate of drug-likeness (QED) is 0.276. The molecule has 2 aromatic carbocycles. The minimum absolute atomic E-state index is 0.380. The molecule has 0 saturated heterocycles. The van der Waals surface area contributed by atoms with Crippen molar-refractivity contribution in [2.24, 2.45) is 10.8 Å². The fourth-order valence-corrected chi connectivity index (χ4v) is 3.88. The molecule has 0 saturated carbocycles. The number of H-pyrrole nitrogens is 2. The van der Waals surface area contributed by atoms with Gasteiger partial charge in [-0.3, -0.25) is 8.78 Å². The molecule has 6 heteroatoms. The molecule has 0 aliphatic heterocycles. The first kappa shape index (κ1) is 23.9. The van der Waals surface area contributed by atoms with Gasteiger partial charge < -0.3 is 9.97 Å².